The molecule has 0 fully saturated rings. The number of carbonyl (C=O) groups excluding carboxylic acids is 1. The second-order valence-corrected chi connectivity index (χ2v) is 6.21. The number of anilines is 1. The maximum atomic E-state index is 12.6. The molecule has 2 aromatic heterocycles. The lowest BCUT2D eigenvalue weighted by Crippen LogP contribution is -2.29. The van der Waals surface area contributed by atoms with Crippen molar-refractivity contribution in [2.45, 2.75) is 6.92 Å². The Hall–Kier alpha value is -2.90. The highest BCUT2D eigenvalue weighted by Gasteiger charge is 2.19. The first-order valence-corrected chi connectivity index (χ1v) is 8.44. The molecule has 0 saturated carbocycles. The summed E-state index contributed by atoms with van der Waals surface area (Å²) in [4.78, 5) is 24.0. The van der Waals surface area contributed by atoms with Gasteiger partial charge in [0.05, 0.1) is 22.6 Å². The predicted molar refractivity (Wildman–Crippen MR) is 103 cm³/mol. The molecule has 1 aromatic carbocycles. The third-order valence-corrected chi connectivity index (χ3v) is 4.15. The first-order valence-electron chi connectivity index (χ1n) is 8.06. The second kappa shape index (κ2) is 7.55. The number of nitrogens with two attached hydrogens (primary N) is 2. The van der Waals surface area contributed by atoms with Crippen molar-refractivity contribution in [3.63, 3.8) is 0 Å². The highest BCUT2D eigenvalue weighted by molar-refractivity contribution is 6.31. The molecular formula is C18H19ClN6O. The number of hydrogen-bond donors (Lipinski definition) is 4. The summed E-state index contributed by atoms with van der Waals surface area (Å²) in [6.07, 6.45) is 1.57. The van der Waals surface area contributed by atoms with Crippen LogP contribution in [0, 0.1) is 6.92 Å². The molecule has 2 heterocycles. The quantitative estimate of drug-likeness (QED) is 0.549. The Balaban J connectivity index is 2.14. The van der Waals surface area contributed by atoms with Crippen LogP contribution in [0.3, 0.4) is 0 Å². The molecule has 0 bridgehead atoms. The van der Waals surface area contributed by atoms with Gasteiger partial charge in [-0.15, -0.1) is 0 Å². The van der Waals surface area contributed by atoms with Crippen LogP contribution in [0.5, 0.6) is 0 Å². The van der Waals surface area contributed by atoms with E-state index in [0.29, 0.717) is 40.8 Å². The summed E-state index contributed by atoms with van der Waals surface area (Å²) in [5.41, 5.74) is 15.4. The number of aryl methyl sites for hydroxylation is 1. The largest absolute Gasteiger partial charge is 0.368 e. The number of nitrogens with one attached hydrogen (secondary N) is 2. The topological polar surface area (TPSA) is 123 Å². The van der Waals surface area contributed by atoms with Crippen LogP contribution in [0.15, 0.2) is 36.5 Å². The van der Waals surface area contributed by atoms with Gasteiger partial charge in [0.25, 0.3) is 5.91 Å². The highest BCUT2D eigenvalue weighted by atomic mass is 35.5. The number of aromatic amines is 1. The molecule has 0 aliphatic carbocycles. The van der Waals surface area contributed by atoms with Gasteiger partial charge in [-0.1, -0.05) is 17.7 Å². The third kappa shape index (κ3) is 3.68. The summed E-state index contributed by atoms with van der Waals surface area (Å²) in [6.45, 7) is 2.70. The molecule has 0 saturated heterocycles. The SMILES string of the molecule is Cc1ccc(Cl)cc1-c1[nH]c(-c2ccnc(N)n2)cc1C(=O)NCCN. The van der Waals surface area contributed by atoms with Gasteiger partial charge in [0, 0.05) is 29.9 Å². The van der Waals surface area contributed by atoms with Crippen LogP contribution in [-0.2, 0) is 0 Å². The van der Waals surface area contributed by atoms with E-state index in [4.69, 9.17) is 23.1 Å². The number of carbonyl (C=O) groups is 1. The van der Waals surface area contributed by atoms with Gasteiger partial charge < -0.3 is 21.8 Å². The highest BCUT2D eigenvalue weighted by Crippen LogP contribution is 2.32. The Morgan fingerprint density at radius 1 is 1.31 bits per heavy atom. The molecule has 0 spiro atoms. The number of halogens is 1. The van der Waals surface area contributed by atoms with Crippen molar-refractivity contribution in [3.8, 4) is 22.6 Å². The zero-order valence-electron chi connectivity index (χ0n) is 14.2. The smallest absolute Gasteiger partial charge is 0.253 e. The maximum Gasteiger partial charge on any atom is 0.253 e. The number of aromatic nitrogens is 3. The fourth-order valence-electron chi connectivity index (χ4n) is 2.65. The molecular weight excluding hydrogens is 352 g/mol. The van der Waals surface area contributed by atoms with E-state index in [0.717, 1.165) is 11.1 Å². The lowest BCUT2D eigenvalue weighted by Gasteiger charge is -2.08. The van der Waals surface area contributed by atoms with Crippen LogP contribution < -0.4 is 16.8 Å². The first kappa shape index (κ1) is 17.9. The summed E-state index contributed by atoms with van der Waals surface area (Å²) in [7, 11) is 0. The van der Waals surface area contributed by atoms with Crippen molar-refractivity contribution in [1.29, 1.82) is 0 Å². The molecule has 26 heavy (non-hydrogen) atoms. The van der Waals surface area contributed by atoms with Crippen LogP contribution in [0.1, 0.15) is 15.9 Å². The van der Waals surface area contributed by atoms with Gasteiger partial charge in [-0.2, -0.15) is 0 Å². The normalized spacial score (nSPS) is 10.7. The maximum absolute atomic E-state index is 12.6. The van der Waals surface area contributed by atoms with Crippen LogP contribution >= 0.6 is 11.6 Å². The molecule has 0 radical (unpaired) electrons. The van der Waals surface area contributed by atoms with Gasteiger partial charge in [-0.05, 0) is 36.8 Å². The third-order valence-electron chi connectivity index (χ3n) is 3.91. The Bertz CT molecular complexity index is 953. The van der Waals surface area contributed by atoms with Crippen LogP contribution in [0.4, 0.5) is 5.95 Å². The van der Waals surface area contributed by atoms with E-state index < -0.39 is 0 Å². The zero-order chi connectivity index (χ0) is 18.7. The minimum Gasteiger partial charge on any atom is -0.368 e. The lowest BCUT2D eigenvalue weighted by atomic mass is 10.0. The fraction of sp³-hybridized carbons (Fsp3) is 0.167. The fourth-order valence-corrected chi connectivity index (χ4v) is 2.82. The monoisotopic (exact) mass is 370 g/mol. The minimum absolute atomic E-state index is 0.159. The zero-order valence-corrected chi connectivity index (χ0v) is 15.0. The number of nitrogen functional groups attached to an aromatic ring is 1. The number of H-pyrrole nitrogens is 1. The van der Waals surface area contributed by atoms with Crippen LogP contribution in [0.2, 0.25) is 5.02 Å². The van der Waals surface area contributed by atoms with Crippen LogP contribution in [-0.4, -0.2) is 33.9 Å². The average Bonchev–Trinajstić information content (AvgIpc) is 3.07. The molecule has 0 aliphatic heterocycles. The number of hydrogen-bond acceptors (Lipinski definition) is 5. The number of nitrogens with zero attached hydrogens (tertiary/aromatic N) is 2. The van der Waals surface area contributed by atoms with Gasteiger partial charge in [0.15, 0.2) is 0 Å². The van der Waals surface area contributed by atoms with Gasteiger partial charge in [-0.25, -0.2) is 9.97 Å². The van der Waals surface area contributed by atoms with Gasteiger partial charge >= 0.3 is 0 Å². The van der Waals surface area contributed by atoms with Crippen molar-refractivity contribution in [2.75, 3.05) is 18.8 Å². The Morgan fingerprint density at radius 3 is 2.85 bits per heavy atom. The van der Waals surface area contributed by atoms with Gasteiger partial charge in [-0.3, -0.25) is 4.79 Å². The molecule has 0 atom stereocenters. The average molecular weight is 371 g/mol. The molecule has 1 amide bonds. The molecule has 0 unspecified atom stereocenters. The number of benzene rings is 1. The summed E-state index contributed by atoms with van der Waals surface area (Å²) in [5.74, 6) is -0.0685. The van der Waals surface area contributed by atoms with Crippen molar-refractivity contribution >= 4 is 23.5 Å². The van der Waals surface area contributed by atoms with E-state index in [-0.39, 0.29) is 11.9 Å². The Labute approximate surface area is 155 Å². The van der Waals surface area contributed by atoms with E-state index in [2.05, 4.69) is 20.3 Å². The standard InChI is InChI=1S/C18H19ClN6O/c1-10-2-3-11(19)8-12(10)16-13(17(26)22-7-5-20)9-15(24-16)14-4-6-23-18(21)25-14/h2-4,6,8-9,24H,5,7,20H2,1H3,(H,22,26)(H2,21,23,25). The van der Waals surface area contributed by atoms with Crippen molar-refractivity contribution in [2.24, 2.45) is 5.73 Å². The summed E-state index contributed by atoms with van der Waals surface area (Å²) >= 11 is 6.16. The Kier molecular flexibility index (Phi) is 5.20. The molecule has 3 rings (SSSR count). The van der Waals surface area contributed by atoms with E-state index >= 15 is 0 Å². The van der Waals surface area contributed by atoms with Gasteiger partial charge in [0.2, 0.25) is 5.95 Å². The van der Waals surface area contributed by atoms with Gasteiger partial charge in [0.1, 0.15) is 0 Å². The molecule has 3 aromatic rings. The number of amides is 1. The molecule has 134 valence electrons. The molecule has 6 N–H and O–H groups in total. The van der Waals surface area contributed by atoms with Crippen molar-refractivity contribution in [1.82, 2.24) is 20.3 Å². The lowest BCUT2D eigenvalue weighted by molar-refractivity contribution is 0.0955. The predicted octanol–water partition coefficient (Wildman–Crippen LogP) is 2.37. The second-order valence-electron chi connectivity index (χ2n) is 5.78. The van der Waals surface area contributed by atoms with E-state index in [1.807, 2.05) is 25.1 Å². The first-order chi connectivity index (χ1) is 12.5. The number of rotatable bonds is 5. The van der Waals surface area contributed by atoms with E-state index in [1.165, 1.54) is 0 Å². The minimum atomic E-state index is -0.227. The van der Waals surface area contributed by atoms with E-state index in [1.54, 1.807) is 18.3 Å². The molecule has 8 heteroatoms. The molecule has 0 aliphatic rings. The van der Waals surface area contributed by atoms with Crippen LogP contribution in [0.25, 0.3) is 22.6 Å². The Morgan fingerprint density at radius 2 is 2.12 bits per heavy atom. The summed E-state index contributed by atoms with van der Waals surface area (Å²) in [6, 6.07) is 8.99. The van der Waals surface area contributed by atoms with E-state index in [9.17, 15) is 4.79 Å². The summed E-state index contributed by atoms with van der Waals surface area (Å²) < 4.78 is 0. The van der Waals surface area contributed by atoms with Crippen molar-refractivity contribution < 1.29 is 4.79 Å². The van der Waals surface area contributed by atoms with Crippen molar-refractivity contribution in [3.05, 3.63) is 52.7 Å². The summed E-state index contributed by atoms with van der Waals surface area (Å²) in [5, 5.41) is 3.38. The molecule has 7 nitrogen and oxygen atoms in total.